The number of para-hydroxylation sites is 2. The molecule has 3 heteroatoms. The Kier molecular flexibility index (Phi) is 9.20. The summed E-state index contributed by atoms with van der Waals surface area (Å²) in [5.74, 6) is 0. The second-order valence-electron chi connectivity index (χ2n) is 22.1. The highest BCUT2D eigenvalue weighted by molar-refractivity contribution is 5.94. The van der Waals surface area contributed by atoms with E-state index < -0.39 is 0 Å². The molecule has 0 spiro atoms. The summed E-state index contributed by atoms with van der Waals surface area (Å²) in [6.07, 6.45) is 2.37. The van der Waals surface area contributed by atoms with Crippen molar-refractivity contribution in [1.82, 2.24) is 0 Å². The molecule has 0 atom stereocenters. The fourth-order valence-corrected chi connectivity index (χ4v) is 12.1. The Bertz CT molecular complexity index is 3100. The van der Waals surface area contributed by atoms with Crippen molar-refractivity contribution in [2.75, 3.05) is 27.8 Å². The van der Waals surface area contributed by atoms with Crippen LogP contribution < -0.4 is 14.7 Å². The lowest BCUT2D eigenvalue weighted by Gasteiger charge is -2.49. The van der Waals surface area contributed by atoms with Crippen LogP contribution in [0, 0.1) is 0 Å². The van der Waals surface area contributed by atoms with E-state index in [9.17, 15) is 0 Å². The molecule has 4 heterocycles. The van der Waals surface area contributed by atoms with E-state index in [2.05, 4.69) is 246 Å². The van der Waals surface area contributed by atoms with E-state index in [0.717, 1.165) is 30.2 Å². The molecule has 4 aliphatic rings. The van der Waals surface area contributed by atoms with Gasteiger partial charge in [0.1, 0.15) is 0 Å². The average molecular weight is 872 g/mol. The summed E-state index contributed by atoms with van der Waals surface area (Å²) in [5.41, 5.74) is 24.6. The minimum atomic E-state index is -0.187. The van der Waals surface area contributed by atoms with Gasteiger partial charge in [-0.3, -0.25) is 0 Å². The van der Waals surface area contributed by atoms with E-state index in [-0.39, 0.29) is 21.7 Å². The number of hydrogen-bond acceptors (Lipinski definition) is 3. The van der Waals surface area contributed by atoms with E-state index >= 15 is 0 Å². The third kappa shape index (κ3) is 6.45. The predicted molar refractivity (Wildman–Crippen MR) is 284 cm³/mol. The van der Waals surface area contributed by atoms with Crippen molar-refractivity contribution in [2.24, 2.45) is 0 Å². The first-order valence-corrected chi connectivity index (χ1v) is 24.5. The van der Waals surface area contributed by atoms with Crippen LogP contribution in [0.5, 0.6) is 0 Å². The van der Waals surface area contributed by atoms with Crippen LogP contribution in [0.25, 0.3) is 33.4 Å². The molecule has 0 radical (unpaired) electrons. The molecule has 0 aliphatic carbocycles. The van der Waals surface area contributed by atoms with Crippen LogP contribution in [-0.2, 0) is 21.7 Å². The Morgan fingerprint density at radius 2 is 0.701 bits per heavy atom. The Labute approximate surface area is 398 Å². The lowest BCUT2D eigenvalue weighted by Crippen LogP contribution is -2.44. The van der Waals surface area contributed by atoms with E-state index in [4.69, 9.17) is 0 Å². The number of rotatable bonds is 6. The van der Waals surface area contributed by atoms with Crippen LogP contribution in [0.15, 0.2) is 176 Å². The van der Waals surface area contributed by atoms with Gasteiger partial charge in [-0.15, -0.1) is 0 Å². The van der Waals surface area contributed by atoms with E-state index in [1.807, 2.05) is 0 Å². The van der Waals surface area contributed by atoms with Crippen molar-refractivity contribution in [2.45, 2.75) is 89.9 Å². The van der Waals surface area contributed by atoms with Crippen molar-refractivity contribution in [1.29, 1.82) is 0 Å². The third-order valence-electron chi connectivity index (χ3n) is 16.4. The maximum Gasteiger partial charge on any atom is 0.0544 e. The Morgan fingerprint density at radius 3 is 1.13 bits per heavy atom. The summed E-state index contributed by atoms with van der Waals surface area (Å²) in [4.78, 5) is 7.62. The van der Waals surface area contributed by atoms with Crippen LogP contribution in [0.4, 0.5) is 39.8 Å². The Hall–Kier alpha value is -6.84. The molecule has 0 N–H and O–H groups in total. The number of anilines is 7. The zero-order valence-corrected chi connectivity index (χ0v) is 40.4. The van der Waals surface area contributed by atoms with Gasteiger partial charge in [0, 0.05) is 46.7 Å². The topological polar surface area (TPSA) is 9.72 Å². The van der Waals surface area contributed by atoms with E-state index in [1.54, 1.807) is 0 Å². The monoisotopic (exact) mass is 871 g/mol. The maximum absolute atomic E-state index is 2.66. The Balaban J connectivity index is 0.956. The molecule has 0 saturated carbocycles. The molecule has 0 aromatic heterocycles. The molecule has 8 aromatic carbocycles. The maximum atomic E-state index is 2.66. The lowest BCUT2D eigenvalue weighted by molar-refractivity contribution is 0.402. The number of hydrogen-bond donors (Lipinski definition) is 0. The van der Waals surface area contributed by atoms with Gasteiger partial charge in [-0.25, -0.2) is 0 Å². The molecule has 8 aromatic rings. The van der Waals surface area contributed by atoms with E-state index in [0.29, 0.717) is 0 Å². The summed E-state index contributed by atoms with van der Waals surface area (Å²) < 4.78 is 0. The predicted octanol–water partition coefficient (Wildman–Crippen LogP) is 17.1. The van der Waals surface area contributed by atoms with Crippen molar-refractivity contribution in [3.63, 3.8) is 0 Å². The smallest absolute Gasteiger partial charge is 0.0544 e. The summed E-state index contributed by atoms with van der Waals surface area (Å²) >= 11 is 0. The molecule has 67 heavy (non-hydrogen) atoms. The van der Waals surface area contributed by atoms with Gasteiger partial charge in [0.25, 0.3) is 0 Å². The van der Waals surface area contributed by atoms with Crippen LogP contribution in [0.1, 0.15) is 102 Å². The quantitative estimate of drug-likeness (QED) is 0.165. The van der Waals surface area contributed by atoms with Gasteiger partial charge in [0.15, 0.2) is 0 Å². The zero-order chi connectivity index (χ0) is 46.0. The molecule has 0 saturated heterocycles. The molecule has 0 amide bonds. The highest BCUT2D eigenvalue weighted by Crippen LogP contribution is 2.61. The van der Waals surface area contributed by atoms with Crippen molar-refractivity contribution >= 4 is 39.8 Å². The lowest BCUT2D eigenvalue weighted by atomic mass is 9.65. The Morgan fingerprint density at radius 1 is 0.343 bits per heavy atom. The minimum Gasteiger partial charge on any atom is -0.371 e. The molecular formula is C64H61N3. The van der Waals surface area contributed by atoms with Crippen molar-refractivity contribution in [3.05, 3.63) is 209 Å². The molecule has 0 unspecified atom stereocenters. The van der Waals surface area contributed by atoms with Crippen molar-refractivity contribution < 1.29 is 0 Å². The van der Waals surface area contributed by atoms with Crippen LogP contribution >= 0.6 is 0 Å². The van der Waals surface area contributed by atoms with Gasteiger partial charge in [-0.2, -0.15) is 0 Å². The molecule has 0 bridgehead atoms. The van der Waals surface area contributed by atoms with Gasteiger partial charge >= 0.3 is 0 Å². The first kappa shape index (κ1) is 41.6. The van der Waals surface area contributed by atoms with Crippen LogP contribution in [-0.4, -0.2) is 13.1 Å². The van der Waals surface area contributed by atoms with E-state index in [1.165, 1.54) is 102 Å². The summed E-state index contributed by atoms with van der Waals surface area (Å²) in [6, 6.07) is 66.4. The molecule has 12 rings (SSSR count). The third-order valence-corrected chi connectivity index (χ3v) is 16.4. The largest absolute Gasteiger partial charge is 0.371 e. The molecule has 4 aliphatic heterocycles. The highest BCUT2D eigenvalue weighted by Gasteiger charge is 2.46. The highest BCUT2D eigenvalue weighted by atomic mass is 15.2. The van der Waals surface area contributed by atoms with Gasteiger partial charge < -0.3 is 14.7 Å². The number of benzene rings is 8. The average Bonchev–Trinajstić information content (AvgIpc) is 3.34. The first-order chi connectivity index (χ1) is 32.2. The van der Waals surface area contributed by atoms with Crippen molar-refractivity contribution in [3.8, 4) is 33.4 Å². The van der Waals surface area contributed by atoms with Gasteiger partial charge in [-0.05, 0) is 163 Å². The second kappa shape index (κ2) is 14.8. The summed E-state index contributed by atoms with van der Waals surface area (Å²) in [6.45, 7) is 21.7. The van der Waals surface area contributed by atoms with Gasteiger partial charge in [-0.1, -0.05) is 159 Å². The standard InChI is InChI=1S/C64H61N3/c1-61(2)34-36-65-37-35-62(3,4)54-39-46(38-53(61)59(54)65)44-24-30-49(31-25-44)66(48-28-22-43(23-29-48)42-16-10-9-11-17-42)50-32-26-45(27-33-50)47-40-55-60-56(41-47)64(7,8)52-19-13-15-21-58(52)67(60)57-20-14-12-18-51(57)63(55,5)6/h9-33,38-41H,34-37H2,1-8H3. The van der Waals surface area contributed by atoms with Gasteiger partial charge in [0.05, 0.1) is 17.1 Å². The zero-order valence-electron chi connectivity index (χ0n) is 40.4. The molecule has 3 nitrogen and oxygen atoms in total. The molecule has 332 valence electrons. The number of fused-ring (bicyclic) bond motifs is 4. The minimum absolute atomic E-state index is 0.138. The fraction of sp³-hybridized carbons (Fsp3) is 0.250. The SMILES string of the molecule is CC1(C)CCN2CCC(C)(C)c3cc(-c4ccc(N(c5ccc(-c6ccccc6)cc5)c5ccc(-c6cc7c8c(c6)C(C)(C)c6ccccc6N8c6ccccc6C7(C)C)cc5)cc4)cc1c32. The normalized spacial score (nSPS) is 17.4. The fourth-order valence-electron chi connectivity index (χ4n) is 12.1. The first-order valence-electron chi connectivity index (χ1n) is 24.5. The van der Waals surface area contributed by atoms with Gasteiger partial charge in [0.2, 0.25) is 0 Å². The molecular weight excluding hydrogens is 811 g/mol. The number of nitrogens with zero attached hydrogens (tertiary/aromatic N) is 3. The summed E-state index contributed by atoms with van der Waals surface area (Å²) in [7, 11) is 0. The van der Waals surface area contributed by atoms with Crippen LogP contribution in [0.2, 0.25) is 0 Å². The molecule has 0 fully saturated rings. The van der Waals surface area contributed by atoms with Crippen LogP contribution in [0.3, 0.4) is 0 Å². The summed E-state index contributed by atoms with van der Waals surface area (Å²) in [5, 5.41) is 0. The second-order valence-corrected chi connectivity index (χ2v) is 22.1.